The number of hydrogen-bond acceptors (Lipinski definition) is 6. The van der Waals surface area contributed by atoms with Crippen LogP contribution < -0.4 is 15.4 Å². The van der Waals surface area contributed by atoms with Crippen molar-refractivity contribution in [2.24, 2.45) is 0 Å². The molecule has 2 aromatic rings. The average molecular weight is 402 g/mol. The van der Waals surface area contributed by atoms with Crippen LogP contribution in [0.15, 0.2) is 42.5 Å². The van der Waals surface area contributed by atoms with Gasteiger partial charge in [0.05, 0.1) is 31.5 Å². The molecule has 0 bridgehead atoms. The van der Waals surface area contributed by atoms with Crippen molar-refractivity contribution in [2.45, 2.75) is 13.8 Å². The summed E-state index contributed by atoms with van der Waals surface area (Å²) in [6, 6.07) is 11.8. The minimum atomic E-state index is -0.539. The molecule has 0 amide bonds. The lowest BCUT2D eigenvalue weighted by atomic mass is 10.1. The summed E-state index contributed by atoms with van der Waals surface area (Å²) >= 11 is 5.32. The van der Waals surface area contributed by atoms with Crippen molar-refractivity contribution in [2.75, 3.05) is 31.0 Å². The van der Waals surface area contributed by atoms with Crippen LogP contribution in [-0.4, -0.2) is 37.4 Å². The first-order valence-corrected chi connectivity index (χ1v) is 9.09. The molecule has 0 spiro atoms. The number of thiocarbonyl (C=S) groups is 1. The number of rotatable bonds is 7. The van der Waals surface area contributed by atoms with Gasteiger partial charge >= 0.3 is 11.9 Å². The molecule has 0 saturated heterocycles. The van der Waals surface area contributed by atoms with Crippen LogP contribution in [0.2, 0.25) is 0 Å². The van der Waals surface area contributed by atoms with Crippen molar-refractivity contribution in [1.82, 2.24) is 0 Å². The fourth-order valence-corrected chi connectivity index (χ4v) is 2.59. The van der Waals surface area contributed by atoms with Crippen LogP contribution in [0.5, 0.6) is 5.75 Å². The summed E-state index contributed by atoms with van der Waals surface area (Å²) in [5.74, 6) is -0.395. The Balaban J connectivity index is 2.23. The summed E-state index contributed by atoms with van der Waals surface area (Å²) in [4.78, 5) is 24.2. The zero-order valence-electron chi connectivity index (χ0n) is 15.9. The summed E-state index contributed by atoms with van der Waals surface area (Å²) in [7, 11) is 1.58. The van der Waals surface area contributed by atoms with E-state index in [2.05, 4.69) is 10.6 Å². The van der Waals surface area contributed by atoms with Crippen molar-refractivity contribution < 1.29 is 23.8 Å². The fraction of sp³-hybridized carbons (Fsp3) is 0.250. The van der Waals surface area contributed by atoms with E-state index in [1.165, 1.54) is 6.07 Å². The van der Waals surface area contributed by atoms with Gasteiger partial charge in [-0.1, -0.05) is 6.07 Å². The van der Waals surface area contributed by atoms with Crippen LogP contribution in [0.4, 0.5) is 11.4 Å². The average Bonchev–Trinajstić information content (AvgIpc) is 2.68. The fourth-order valence-electron chi connectivity index (χ4n) is 2.36. The second-order valence-corrected chi connectivity index (χ2v) is 5.96. The third-order valence-electron chi connectivity index (χ3n) is 3.54. The van der Waals surface area contributed by atoms with E-state index >= 15 is 0 Å². The lowest BCUT2D eigenvalue weighted by Gasteiger charge is -2.13. The van der Waals surface area contributed by atoms with Gasteiger partial charge in [-0.05, 0) is 56.4 Å². The highest BCUT2D eigenvalue weighted by Gasteiger charge is 2.15. The Kier molecular flexibility index (Phi) is 7.76. The van der Waals surface area contributed by atoms with Gasteiger partial charge in [-0.3, -0.25) is 0 Å². The molecule has 0 aliphatic rings. The Morgan fingerprint density at radius 3 is 2.00 bits per heavy atom. The molecule has 0 aromatic heterocycles. The Hall–Kier alpha value is -3.13. The van der Waals surface area contributed by atoms with E-state index in [-0.39, 0.29) is 29.5 Å². The largest absolute Gasteiger partial charge is 0.497 e. The van der Waals surface area contributed by atoms with Crippen LogP contribution in [0, 0.1) is 0 Å². The summed E-state index contributed by atoms with van der Waals surface area (Å²) in [6.07, 6.45) is 0. The predicted octanol–water partition coefficient (Wildman–Crippen LogP) is 3.86. The topological polar surface area (TPSA) is 85.9 Å². The third kappa shape index (κ3) is 5.95. The van der Waals surface area contributed by atoms with Gasteiger partial charge in [0.25, 0.3) is 0 Å². The molecule has 2 rings (SSSR count). The first-order chi connectivity index (χ1) is 13.5. The number of benzene rings is 2. The molecule has 0 atom stereocenters. The molecule has 2 N–H and O–H groups in total. The molecule has 0 heterocycles. The van der Waals surface area contributed by atoms with Gasteiger partial charge in [-0.25, -0.2) is 9.59 Å². The zero-order valence-corrected chi connectivity index (χ0v) is 16.7. The SMILES string of the molecule is CCOC(=O)c1cc(NC(=S)Nc2cccc(OC)c2)cc(C(=O)OCC)c1. The Morgan fingerprint density at radius 1 is 0.893 bits per heavy atom. The Labute approximate surface area is 169 Å². The number of carbonyl (C=O) groups is 2. The van der Waals surface area contributed by atoms with Gasteiger partial charge < -0.3 is 24.8 Å². The van der Waals surface area contributed by atoms with Crippen LogP contribution in [0.25, 0.3) is 0 Å². The first kappa shape index (κ1) is 21.2. The molecule has 0 aliphatic heterocycles. The number of anilines is 2. The summed E-state index contributed by atoms with van der Waals surface area (Å²) in [5, 5.41) is 6.27. The second-order valence-electron chi connectivity index (χ2n) is 5.55. The number of ether oxygens (including phenoxy) is 3. The molecule has 0 radical (unpaired) electrons. The molecule has 148 valence electrons. The molecule has 28 heavy (non-hydrogen) atoms. The molecule has 8 heteroatoms. The normalized spacial score (nSPS) is 9.96. The molecule has 2 aromatic carbocycles. The van der Waals surface area contributed by atoms with Crippen LogP contribution in [0.1, 0.15) is 34.6 Å². The van der Waals surface area contributed by atoms with Gasteiger partial charge in [0.2, 0.25) is 0 Å². The maximum atomic E-state index is 12.1. The molecule has 0 aliphatic carbocycles. The number of carbonyl (C=O) groups excluding carboxylic acids is 2. The summed E-state index contributed by atoms with van der Waals surface area (Å²) < 4.78 is 15.2. The standard InChI is InChI=1S/C20H22N2O5S/c1-4-26-18(23)13-9-14(19(24)27-5-2)11-16(10-13)22-20(28)21-15-7-6-8-17(12-15)25-3/h6-12H,4-5H2,1-3H3,(H2,21,22,28). The highest BCUT2D eigenvalue weighted by Crippen LogP contribution is 2.20. The van der Waals surface area contributed by atoms with E-state index in [1.54, 1.807) is 39.2 Å². The second kappa shape index (κ2) is 10.3. The van der Waals surface area contributed by atoms with E-state index in [9.17, 15) is 9.59 Å². The van der Waals surface area contributed by atoms with E-state index < -0.39 is 11.9 Å². The maximum absolute atomic E-state index is 12.1. The third-order valence-corrected chi connectivity index (χ3v) is 3.74. The Bertz CT molecular complexity index is 833. The molecular weight excluding hydrogens is 380 g/mol. The first-order valence-electron chi connectivity index (χ1n) is 8.68. The van der Waals surface area contributed by atoms with Crippen molar-refractivity contribution in [3.05, 3.63) is 53.6 Å². The van der Waals surface area contributed by atoms with Crippen molar-refractivity contribution in [1.29, 1.82) is 0 Å². The van der Waals surface area contributed by atoms with E-state index in [0.717, 1.165) is 5.69 Å². The number of esters is 2. The van der Waals surface area contributed by atoms with E-state index in [4.69, 9.17) is 26.4 Å². The van der Waals surface area contributed by atoms with Crippen molar-refractivity contribution in [3.63, 3.8) is 0 Å². The minimum Gasteiger partial charge on any atom is -0.497 e. The van der Waals surface area contributed by atoms with Gasteiger partial charge in [0.15, 0.2) is 5.11 Å². The van der Waals surface area contributed by atoms with Gasteiger partial charge in [-0.15, -0.1) is 0 Å². The molecular formula is C20H22N2O5S. The van der Waals surface area contributed by atoms with Gasteiger partial charge in [0, 0.05) is 17.4 Å². The van der Waals surface area contributed by atoms with E-state index in [0.29, 0.717) is 11.4 Å². The number of nitrogens with one attached hydrogen (secondary N) is 2. The van der Waals surface area contributed by atoms with Crippen molar-refractivity contribution in [3.8, 4) is 5.75 Å². The number of methoxy groups -OCH3 is 1. The minimum absolute atomic E-state index is 0.221. The monoisotopic (exact) mass is 402 g/mol. The maximum Gasteiger partial charge on any atom is 0.338 e. The molecule has 7 nitrogen and oxygen atoms in total. The molecule has 0 fully saturated rings. The summed E-state index contributed by atoms with van der Waals surface area (Å²) in [6.45, 7) is 3.86. The quantitative estimate of drug-likeness (QED) is 0.533. The number of hydrogen-bond donors (Lipinski definition) is 2. The lowest BCUT2D eigenvalue weighted by molar-refractivity contribution is 0.0525. The molecule has 0 saturated carbocycles. The van der Waals surface area contributed by atoms with Crippen LogP contribution in [0.3, 0.4) is 0 Å². The van der Waals surface area contributed by atoms with Crippen LogP contribution >= 0.6 is 12.2 Å². The van der Waals surface area contributed by atoms with Gasteiger partial charge in [-0.2, -0.15) is 0 Å². The predicted molar refractivity (Wildman–Crippen MR) is 111 cm³/mol. The van der Waals surface area contributed by atoms with Gasteiger partial charge in [0.1, 0.15) is 5.75 Å². The molecule has 0 unspecified atom stereocenters. The van der Waals surface area contributed by atoms with Crippen LogP contribution in [-0.2, 0) is 9.47 Å². The highest BCUT2D eigenvalue weighted by atomic mass is 32.1. The van der Waals surface area contributed by atoms with E-state index in [1.807, 2.05) is 18.2 Å². The highest BCUT2D eigenvalue weighted by molar-refractivity contribution is 7.80. The lowest BCUT2D eigenvalue weighted by Crippen LogP contribution is -2.20. The zero-order chi connectivity index (χ0) is 20.5. The Morgan fingerprint density at radius 2 is 1.46 bits per heavy atom. The van der Waals surface area contributed by atoms with Crippen molar-refractivity contribution >= 4 is 40.6 Å². The smallest absolute Gasteiger partial charge is 0.338 e. The summed E-state index contributed by atoms with van der Waals surface area (Å²) in [5.41, 5.74) is 1.62.